The molecule has 0 N–H and O–H groups in total. The molecular formula is C9H10N2S. The van der Waals surface area contributed by atoms with Gasteiger partial charge in [0.2, 0.25) is 0 Å². The Labute approximate surface area is 75.3 Å². The molecule has 2 aromatic rings. The molecule has 62 valence electrons. The normalized spacial score (nSPS) is 11.2. The van der Waals surface area contributed by atoms with E-state index >= 15 is 0 Å². The highest BCUT2D eigenvalue weighted by Gasteiger charge is 2.04. The van der Waals surface area contributed by atoms with Crippen molar-refractivity contribution in [3.8, 4) is 0 Å². The van der Waals surface area contributed by atoms with Crippen LogP contribution < -0.4 is 0 Å². The van der Waals surface area contributed by atoms with Gasteiger partial charge in [0, 0.05) is 16.5 Å². The van der Waals surface area contributed by atoms with Crippen LogP contribution in [0.3, 0.4) is 0 Å². The highest BCUT2D eigenvalue weighted by Crippen LogP contribution is 2.28. The van der Waals surface area contributed by atoms with Crippen molar-refractivity contribution >= 4 is 21.6 Å². The van der Waals surface area contributed by atoms with Crippen LogP contribution in [0.1, 0.15) is 24.6 Å². The van der Waals surface area contributed by atoms with Crippen molar-refractivity contribution in [3.05, 3.63) is 23.5 Å². The van der Waals surface area contributed by atoms with Gasteiger partial charge in [-0.25, -0.2) is 9.97 Å². The molecule has 0 atom stereocenters. The topological polar surface area (TPSA) is 25.8 Å². The lowest BCUT2D eigenvalue weighted by atomic mass is 10.2. The van der Waals surface area contributed by atoms with Crippen LogP contribution in [-0.2, 0) is 0 Å². The third-order valence-electron chi connectivity index (χ3n) is 1.78. The van der Waals surface area contributed by atoms with Gasteiger partial charge >= 0.3 is 0 Å². The number of hydrogen-bond acceptors (Lipinski definition) is 3. The summed E-state index contributed by atoms with van der Waals surface area (Å²) in [5.41, 5.74) is 0. The largest absolute Gasteiger partial charge is 0.244 e. The molecule has 0 saturated carbocycles. The molecule has 0 aromatic carbocycles. The first-order valence-electron chi connectivity index (χ1n) is 3.97. The Kier molecular flexibility index (Phi) is 1.81. The maximum atomic E-state index is 4.19. The molecule has 2 aromatic heterocycles. The average Bonchev–Trinajstić information content (AvgIpc) is 2.46. The zero-order chi connectivity index (χ0) is 8.55. The Morgan fingerprint density at radius 3 is 2.92 bits per heavy atom. The summed E-state index contributed by atoms with van der Waals surface area (Å²) in [6.45, 7) is 4.39. The van der Waals surface area contributed by atoms with Gasteiger partial charge < -0.3 is 0 Å². The highest BCUT2D eigenvalue weighted by atomic mass is 32.1. The summed E-state index contributed by atoms with van der Waals surface area (Å²) in [7, 11) is 0. The fraction of sp³-hybridized carbons (Fsp3) is 0.333. The summed E-state index contributed by atoms with van der Waals surface area (Å²) >= 11 is 1.75. The fourth-order valence-electron chi connectivity index (χ4n) is 1.09. The molecule has 0 amide bonds. The molecule has 2 rings (SSSR count). The average molecular weight is 178 g/mol. The van der Waals surface area contributed by atoms with E-state index in [9.17, 15) is 0 Å². The minimum Gasteiger partial charge on any atom is -0.244 e. The lowest BCUT2D eigenvalue weighted by Gasteiger charge is -1.95. The van der Waals surface area contributed by atoms with E-state index < -0.39 is 0 Å². The highest BCUT2D eigenvalue weighted by molar-refractivity contribution is 7.18. The predicted molar refractivity (Wildman–Crippen MR) is 51.5 cm³/mol. The lowest BCUT2D eigenvalue weighted by molar-refractivity contribution is 0.890. The second kappa shape index (κ2) is 2.83. The van der Waals surface area contributed by atoms with E-state index in [0.29, 0.717) is 5.92 Å². The van der Waals surface area contributed by atoms with Crippen LogP contribution in [0, 0.1) is 0 Å². The number of nitrogens with zero attached hydrogens (tertiary/aromatic N) is 2. The van der Waals surface area contributed by atoms with Crippen molar-refractivity contribution in [1.82, 2.24) is 9.97 Å². The Balaban J connectivity index is 2.62. The predicted octanol–water partition coefficient (Wildman–Crippen LogP) is 2.81. The van der Waals surface area contributed by atoms with Crippen molar-refractivity contribution in [2.75, 3.05) is 0 Å². The summed E-state index contributed by atoms with van der Waals surface area (Å²) in [5, 5.41) is 1.16. The fourth-order valence-corrected chi connectivity index (χ4v) is 2.07. The number of thiophene rings is 1. The van der Waals surface area contributed by atoms with Crippen LogP contribution >= 0.6 is 11.3 Å². The number of fused-ring (bicyclic) bond motifs is 1. The van der Waals surface area contributed by atoms with E-state index in [0.717, 1.165) is 10.2 Å². The molecule has 12 heavy (non-hydrogen) atoms. The van der Waals surface area contributed by atoms with Gasteiger partial charge in [-0.2, -0.15) is 0 Å². The van der Waals surface area contributed by atoms with Crippen LogP contribution in [-0.4, -0.2) is 9.97 Å². The second-order valence-corrected chi connectivity index (χ2v) is 4.15. The molecule has 0 unspecified atom stereocenters. The lowest BCUT2D eigenvalue weighted by Crippen LogP contribution is -1.77. The molecule has 2 heterocycles. The van der Waals surface area contributed by atoms with Gasteiger partial charge in [-0.05, 0) is 12.0 Å². The molecule has 0 aliphatic rings. The smallest absolute Gasteiger partial charge is 0.126 e. The minimum absolute atomic E-state index is 0.587. The standard InChI is InChI=1S/C9H10N2S/c1-6(2)8-3-7-4-10-5-11-9(7)12-8/h3-6H,1-2H3. The quantitative estimate of drug-likeness (QED) is 0.671. The molecule has 2 nitrogen and oxygen atoms in total. The summed E-state index contributed by atoms with van der Waals surface area (Å²) in [5.74, 6) is 0.587. The zero-order valence-corrected chi connectivity index (χ0v) is 7.93. The van der Waals surface area contributed by atoms with E-state index in [4.69, 9.17) is 0 Å². The minimum atomic E-state index is 0.587. The van der Waals surface area contributed by atoms with Crippen molar-refractivity contribution < 1.29 is 0 Å². The Morgan fingerprint density at radius 2 is 2.25 bits per heavy atom. The van der Waals surface area contributed by atoms with E-state index in [-0.39, 0.29) is 0 Å². The summed E-state index contributed by atoms with van der Waals surface area (Å²) in [4.78, 5) is 10.6. The summed E-state index contributed by atoms with van der Waals surface area (Å²) in [6, 6.07) is 2.17. The van der Waals surface area contributed by atoms with Crippen molar-refractivity contribution in [1.29, 1.82) is 0 Å². The second-order valence-electron chi connectivity index (χ2n) is 3.09. The molecule has 0 aliphatic carbocycles. The molecule has 0 aliphatic heterocycles. The first kappa shape index (κ1) is 7.68. The number of rotatable bonds is 1. The Hall–Kier alpha value is -0.960. The van der Waals surface area contributed by atoms with Crippen LogP contribution in [0.4, 0.5) is 0 Å². The summed E-state index contributed by atoms with van der Waals surface area (Å²) < 4.78 is 0. The SMILES string of the molecule is CC(C)c1cc2cncnc2s1. The monoisotopic (exact) mass is 178 g/mol. The van der Waals surface area contributed by atoms with E-state index in [1.807, 2.05) is 6.20 Å². The summed E-state index contributed by atoms with van der Waals surface area (Å²) in [6.07, 6.45) is 3.47. The Bertz CT molecular complexity index is 359. The zero-order valence-electron chi connectivity index (χ0n) is 7.11. The van der Waals surface area contributed by atoms with Crippen LogP contribution in [0.2, 0.25) is 0 Å². The molecule has 0 spiro atoms. The van der Waals surface area contributed by atoms with Crippen LogP contribution in [0.25, 0.3) is 10.2 Å². The Morgan fingerprint density at radius 1 is 1.42 bits per heavy atom. The molecule has 0 saturated heterocycles. The van der Waals surface area contributed by atoms with Crippen molar-refractivity contribution in [2.45, 2.75) is 19.8 Å². The van der Waals surface area contributed by atoms with E-state index in [1.165, 1.54) is 4.88 Å². The first-order valence-corrected chi connectivity index (χ1v) is 4.78. The van der Waals surface area contributed by atoms with Crippen molar-refractivity contribution in [2.24, 2.45) is 0 Å². The van der Waals surface area contributed by atoms with E-state index in [2.05, 4.69) is 29.9 Å². The van der Waals surface area contributed by atoms with Gasteiger partial charge in [-0.15, -0.1) is 11.3 Å². The van der Waals surface area contributed by atoms with Gasteiger partial charge in [0.1, 0.15) is 11.2 Å². The molecular weight excluding hydrogens is 168 g/mol. The van der Waals surface area contributed by atoms with Crippen molar-refractivity contribution in [3.63, 3.8) is 0 Å². The van der Waals surface area contributed by atoms with Gasteiger partial charge in [-0.1, -0.05) is 13.8 Å². The molecule has 0 bridgehead atoms. The maximum Gasteiger partial charge on any atom is 0.126 e. The number of aromatic nitrogens is 2. The van der Waals surface area contributed by atoms with Gasteiger partial charge in [0.15, 0.2) is 0 Å². The number of hydrogen-bond donors (Lipinski definition) is 0. The maximum absolute atomic E-state index is 4.19. The molecule has 0 fully saturated rings. The van der Waals surface area contributed by atoms with Gasteiger partial charge in [-0.3, -0.25) is 0 Å². The van der Waals surface area contributed by atoms with Gasteiger partial charge in [0.25, 0.3) is 0 Å². The van der Waals surface area contributed by atoms with Crippen LogP contribution in [0.15, 0.2) is 18.6 Å². The van der Waals surface area contributed by atoms with E-state index in [1.54, 1.807) is 17.7 Å². The van der Waals surface area contributed by atoms with Crippen LogP contribution in [0.5, 0.6) is 0 Å². The third-order valence-corrected chi connectivity index (χ3v) is 3.14. The first-order chi connectivity index (χ1) is 5.77. The third kappa shape index (κ3) is 1.20. The molecule has 3 heteroatoms. The van der Waals surface area contributed by atoms with Gasteiger partial charge in [0.05, 0.1) is 0 Å². The molecule has 0 radical (unpaired) electrons.